The van der Waals surface area contributed by atoms with Crippen LogP contribution in [0.1, 0.15) is 23.9 Å². The number of amides is 3. The molecule has 4 rings (SSSR count). The van der Waals surface area contributed by atoms with Gasteiger partial charge in [-0.15, -0.1) is 0 Å². The molecule has 27 heavy (non-hydrogen) atoms. The van der Waals surface area contributed by atoms with E-state index in [1.54, 1.807) is 27.0 Å². The molecule has 1 fully saturated rings. The zero-order valence-electron chi connectivity index (χ0n) is 15.3. The first-order valence-electron chi connectivity index (χ1n) is 8.55. The number of aryl methyl sites for hydroxylation is 1. The molecule has 0 bridgehead atoms. The number of nitrogens with zero attached hydrogens (tertiary/aromatic N) is 2. The summed E-state index contributed by atoms with van der Waals surface area (Å²) in [6, 6.07) is 12.7. The minimum atomic E-state index is -1.13. The summed E-state index contributed by atoms with van der Waals surface area (Å²) in [5, 5.41) is 8.63. The number of benzene rings is 2. The molecule has 2 heterocycles. The van der Waals surface area contributed by atoms with Crippen molar-refractivity contribution in [1.82, 2.24) is 15.4 Å². The van der Waals surface area contributed by atoms with Gasteiger partial charge in [-0.1, -0.05) is 23.4 Å². The highest BCUT2D eigenvalue weighted by molar-refractivity contribution is 6.07. The molecule has 1 aliphatic rings. The number of carbonyl (C=O) groups excluding carboxylic acids is 2. The molecule has 1 saturated heterocycles. The third-order valence-corrected chi connectivity index (χ3v) is 4.90. The quantitative estimate of drug-likeness (QED) is 0.718. The lowest BCUT2D eigenvalue weighted by Crippen LogP contribution is -2.40. The van der Waals surface area contributed by atoms with Gasteiger partial charge in [-0.05, 0) is 48.4 Å². The lowest BCUT2D eigenvalue weighted by Gasteiger charge is -2.22. The van der Waals surface area contributed by atoms with Crippen molar-refractivity contribution >= 4 is 22.7 Å². The molecule has 7 heteroatoms. The topological polar surface area (TPSA) is 84.7 Å². The number of methoxy groups -OCH3 is 1. The number of hydrogen-bond acceptors (Lipinski definition) is 5. The Morgan fingerprint density at radius 3 is 2.59 bits per heavy atom. The molecule has 2 aromatic carbocycles. The predicted molar refractivity (Wildman–Crippen MR) is 98.2 cm³/mol. The van der Waals surface area contributed by atoms with Gasteiger partial charge < -0.3 is 14.6 Å². The minimum Gasteiger partial charge on any atom is -0.497 e. The molecule has 7 nitrogen and oxygen atoms in total. The number of nitrogens with one attached hydrogen (secondary N) is 1. The Morgan fingerprint density at radius 2 is 1.89 bits per heavy atom. The van der Waals surface area contributed by atoms with Crippen LogP contribution >= 0.6 is 0 Å². The molecule has 0 saturated carbocycles. The molecule has 1 aliphatic heterocycles. The van der Waals surface area contributed by atoms with Crippen LogP contribution in [0.3, 0.4) is 0 Å². The second-order valence-corrected chi connectivity index (χ2v) is 6.80. The molecular formula is C20H19N3O4. The van der Waals surface area contributed by atoms with Crippen molar-refractivity contribution in [1.29, 1.82) is 0 Å². The smallest absolute Gasteiger partial charge is 0.325 e. The van der Waals surface area contributed by atoms with E-state index in [1.807, 2.05) is 36.4 Å². The van der Waals surface area contributed by atoms with E-state index in [-0.39, 0.29) is 12.5 Å². The summed E-state index contributed by atoms with van der Waals surface area (Å²) < 4.78 is 10.3. The molecular weight excluding hydrogens is 346 g/mol. The van der Waals surface area contributed by atoms with Crippen LogP contribution in [0.4, 0.5) is 4.79 Å². The van der Waals surface area contributed by atoms with Gasteiger partial charge in [0, 0.05) is 6.07 Å². The Morgan fingerprint density at radius 1 is 1.15 bits per heavy atom. The monoisotopic (exact) mass is 365 g/mol. The molecule has 0 aliphatic carbocycles. The second kappa shape index (κ2) is 6.12. The van der Waals surface area contributed by atoms with Gasteiger partial charge in [0.2, 0.25) is 0 Å². The molecule has 1 aromatic heterocycles. The summed E-state index contributed by atoms with van der Waals surface area (Å²) >= 11 is 0. The summed E-state index contributed by atoms with van der Waals surface area (Å²) in [5.41, 5.74) is 0.118. The van der Waals surface area contributed by atoms with E-state index < -0.39 is 11.6 Å². The second-order valence-electron chi connectivity index (χ2n) is 6.80. The van der Waals surface area contributed by atoms with Crippen molar-refractivity contribution in [3.05, 3.63) is 59.5 Å². The fourth-order valence-electron chi connectivity index (χ4n) is 3.35. The normalized spacial score (nSPS) is 19.6. The Kier molecular flexibility index (Phi) is 3.87. The van der Waals surface area contributed by atoms with Crippen LogP contribution in [0.5, 0.6) is 5.75 Å². The van der Waals surface area contributed by atoms with Crippen molar-refractivity contribution < 1.29 is 18.8 Å². The van der Waals surface area contributed by atoms with Gasteiger partial charge in [-0.2, -0.15) is 0 Å². The summed E-state index contributed by atoms with van der Waals surface area (Å²) in [6.45, 7) is 3.55. The first kappa shape index (κ1) is 17.1. The lowest BCUT2D eigenvalue weighted by atomic mass is 9.90. The molecule has 1 N–H and O–H groups in total. The maximum absolute atomic E-state index is 13.1. The van der Waals surface area contributed by atoms with E-state index in [0.29, 0.717) is 11.5 Å². The highest BCUT2D eigenvalue weighted by Gasteiger charge is 2.49. The van der Waals surface area contributed by atoms with E-state index in [2.05, 4.69) is 10.5 Å². The third-order valence-electron chi connectivity index (χ3n) is 4.90. The van der Waals surface area contributed by atoms with Gasteiger partial charge in [0.1, 0.15) is 22.7 Å². The van der Waals surface area contributed by atoms with Crippen LogP contribution in [0.25, 0.3) is 10.8 Å². The molecule has 0 unspecified atom stereocenters. The summed E-state index contributed by atoms with van der Waals surface area (Å²) in [4.78, 5) is 26.7. The first-order valence-corrected chi connectivity index (χ1v) is 8.55. The lowest BCUT2D eigenvalue weighted by molar-refractivity contribution is -0.131. The van der Waals surface area contributed by atoms with E-state index in [4.69, 9.17) is 9.26 Å². The zero-order chi connectivity index (χ0) is 19.2. The molecule has 0 radical (unpaired) electrons. The SMILES string of the molecule is COc1ccc2cc([C@]3(C)NC(=O)N(Cc4cc(C)on4)C3=O)ccc2c1. The van der Waals surface area contributed by atoms with Gasteiger partial charge in [0.15, 0.2) is 0 Å². The van der Waals surface area contributed by atoms with Crippen LogP contribution < -0.4 is 10.1 Å². The minimum absolute atomic E-state index is 0.0718. The van der Waals surface area contributed by atoms with Gasteiger partial charge in [-0.25, -0.2) is 4.79 Å². The summed E-state index contributed by atoms with van der Waals surface area (Å²) in [6.07, 6.45) is 0. The largest absolute Gasteiger partial charge is 0.497 e. The highest BCUT2D eigenvalue weighted by Crippen LogP contribution is 2.32. The third kappa shape index (κ3) is 2.81. The fourth-order valence-corrected chi connectivity index (χ4v) is 3.35. The maximum atomic E-state index is 13.1. The average Bonchev–Trinajstić information content (AvgIpc) is 3.17. The Balaban J connectivity index is 1.67. The maximum Gasteiger partial charge on any atom is 0.325 e. The zero-order valence-corrected chi connectivity index (χ0v) is 15.3. The molecule has 0 spiro atoms. The Hall–Kier alpha value is -3.35. The average molecular weight is 365 g/mol. The molecule has 1 atom stereocenters. The van der Waals surface area contributed by atoms with Crippen molar-refractivity contribution in [3.8, 4) is 5.75 Å². The van der Waals surface area contributed by atoms with Crippen LogP contribution in [0.15, 0.2) is 47.0 Å². The highest BCUT2D eigenvalue weighted by atomic mass is 16.5. The van der Waals surface area contributed by atoms with Crippen molar-refractivity contribution in [3.63, 3.8) is 0 Å². The Bertz CT molecular complexity index is 1060. The van der Waals surface area contributed by atoms with Crippen molar-refractivity contribution in [2.24, 2.45) is 0 Å². The van der Waals surface area contributed by atoms with Crippen LogP contribution in [0, 0.1) is 6.92 Å². The molecule has 138 valence electrons. The number of carbonyl (C=O) groups is 2. The number of hydrogen-bond donors (Lipinski definition) is 1. The number of ether oxygens (including phenoxy) is 1. The number of urea groups is 1. The van der Waals surface area contributed by atoms with Gasteiger partial charge in [0.25, 0.3) is 5.91 Å². The number of imide groups is 1. The standard InChI is InChI=1S/C20H19N3O4/c1-12-8-16(22-27-12)11-23-18(24)20(2,21-19(23)25)15-6-4-14-10-17(26-3)7-5-13(14)9-15/h4-10H,11H2,1-3H3,(H,21,25)/t20-/m0/s1. The van der Waals surface area contributed by atoms with Crippen molar-refractivity contribution in [2.45, 2.75) is 25.9 Å². The van der Waals surface area contributed by atoms with E-state index in [1.165, 1.54) is 0 Å². The van der Waals surface area contributed by atoms with Crippen LogP contribution in [-0.2, 0) is 16.9 Å². The fraction of sp³-hybridized carbons (Fsp3) is 0.250. The molecule has 3 amide bonds. The number of rotatable bonds is 4. The Labute approximate surface area is 155 Å². The van der Waals surface area contributed by atoms with Gasteiger partial charge in [-0.3, -0.25) is 9.69 Å². The van der Waals surface area contributed by atoms with Gasteiger partial charge in [0.05, 0.1) is 13.7 Å². The van der Waals surface area contributed by atoms with E-state index in [0.717, 1.165) is 27.0 Å². The van der Waals surface area contributed by atoms with Crippen LogP contribution in [-0.4, -0.2) is 29.1 Å². The van der Waals surface area contributed by atoms with Crippen molar-refractivity contribution in [2.75, 3.05) is 7.11 Å². The molecule has 3 aromatic rings. The van der Waals surface area contributed by atoms with E-state index >= 15 is 0 Å². The number of aromatic nitrogens is 1. The number of fused-ring (bicyclic) bond motifs is 1. The predicted octanol–water partition coefficient (Wildman–Crippen LogP) is 3.11. The summed E-state index contributed by atoms with van der Waals surface area (Å²) in [7, 11) is 1.62. The van der Waals surface area contributed by atoms with E-state index in [9.17, 15) is 9.59 Å². The van der Waals surface area contributed by atoms with Crippen LogP contribution in [0.2, 0.25) is 0 Å². The first-order chi connectivity index (χ1) is 12.9. The van der Waals surface area contributed by atoms with Gasteiger partial charge >= 0.3 is 6.03 Å². The summed E-state index contributed by atoms with van der Waals surface area (Å²) in [5.74, 6) is 1.08.